The summed E-state index contributed by atoms with van der Waals surface area (Å²) in [5, 5.41) is 8.86. The number of hydrogen-bond donors (Lipinski definition) is 1. The van der Waals surface area contributed by atoms with Crippen LogP contribution in [0.25, 0.3) is 0 Å². The molecule has 5 nitrogen and oxygen atoms in total. The van der Waals surface area contributed by atoms with Gasteiger partial charge in [-0.25, -0.2) is 0 Å². The Kier molecular flexibility index (Phi) is 6.87. The molecular formula is C15H23NO4. The highest BCUT2D eigenvalue weighted by atomic mass is 16.5. The van der Waals surface area contributed by atoms with Gasteiger partial charge in [0.05, 0.1) is 12.5 Å². The van der Waals surface area contributed by atoms with Gasteiger partial charge in [-0.1, -0.05) is 19.1 Å². The Balaban J connectivity index is 2.38. The van der Waals surface area contributed by atoms with Crippen LogP contribution in [0.4, 0.5) is 0 Å². The maximum absolute atomic E-state index is 10.8. The first-order chi connectivity index (χ1) is 9.54. The van der Waals surface area contributed by atoms with E-state index in [1.165, 1.54) is 0 Å². The fraction of sp³-hybridized carbons (Fsp3) is 0.533. The van der Waals surface area contributed by atoms with Crippen molar-refractivity contribution in [1.82, 2.24) is 4.90 Å². The van der Waals surface area contributed by atoms with E-state index in [4.69, 9.17) is 14.6 Å². The first-order valence-electron chi connectivity index (χ1n) is 6.80. The largest absolute Gasteiger partial charge is 0.490 e. The minimum absolute atomic E-state index is 0.379. The van der Waals surface area contributed by atoms with Crippen LogP contribution in [0.2, 0.25) is 0 Å². The van der Waals surface area contributed by atoms with Crippen molar-refractivity contribution in [3.63, 3.8) is 0 Å². The van der Waals surface area contributed by atoms with E-state index in [0.29, 0.717) is 32.1 Å². The van der Waals surface area contributed by atoms with Crippen LogP contribution in [0, 0.1) is 5.92 Å². The molecule has 0 radical (unpaired) electrons. The van der Waals surface area contributed by atoms with Gasteiger partial charge in [0, 0.05) is 13.1 Å². The summed E-state index contributed by atoms with van der Waals surface area (Å²) in [6.45, 7) is 5.88. The summed E-state index contributed by atoms with van der Waals surface area (Å²) in [6, 6.07) is 7.53. The quantitative estimate of drug-likeness (QED) is 0.751. The van der Waals surface area contributed by atoms with Crippen LogP contribution in [0.15, 0.2) is 24.3 Å². The average Bonchev–Trinajstić information content (AvgIpc) is 2.40. The molecule has 0 amide bonds. The topological polar surface area (TPSA) is 59.0 Å². The van der Waals surface area contributed by atoms with Crippen LogP contribution in [0.5, 0.6) is 11.5 Å². The number of benzene rings is 1. The third-order valence-corrected chi connectivity index (χ3v) is 2.89. The van der Waals surface area contributed by atoms with Gasteiger partial charge in [0.2, 0.25) is 0 Å². The van der Waals surface area contributed by atoms with Crippen molar-refractivity contribution in [2.45, 2.75) is 13.8 Å². The van der Waals surface area contributed by atoms with E-state index in [0.717, 1.165) is 5.75 Å². The second-order valence-corrected chi connectivity index (χ2v) is 4.73. The number of hydrogen-bond acceptors (Lipinski definition) is 4. The molecule has 1 atom stereocenters. The number of rotatable bonds is 9. The second kappa shape index (κ2) is 8.43. The summed E-state index contributed by atoms with van der Waals surface area (Å²) < 4.78 is 11.2. The minimum Gasteiger partial charge on any atom is -0.490 e. The van der Waals surface area contributed by atoms with Crippen molar-refractivity contribution in [2.24, 2.45) is 5.92 Å². The molecule has 0 aliphatic rings. The molecule has 1 rings (SSSR count). The lowest BCUT2D eigenvalue weighted by Gasteiger charge is -2.19. The number of aliphatic carboxylic acids is 1. The van der Waals surface area contributed by atoms with Crippen LogP contribution in [0.3, 0.4) is 0 Å². The SMILES string of the molecule is CCOc1ccccc1OCCN(C)CC(C)C(=O)O. The summed E-state index contributed by atoms with van der Waals surface area (Å²) in [6.07, 6.45) is 0. The van der Waals surface area contributed by atoms with Crippen LogP contribution < -0.4 is 9.47 Å². The van der Waals surface area contributed by atoms with E-state index in [1.54, 1.807) is 6.92 Å². The number of carboxylic acid groups (broad SMARTS) is 1. The Hall–Kier alpha value is -1.75. The number of ether oxygens (including phenoxy) is 2. The van der Waals surface area contributed by atoms with Crippen molar-refractivity contribution < 1.29 is 19.4 Å². The highest BCUT2D eigenvalue weighted by molar-refractivity contribution is 5.69. The number of carbonyl (C=O) groups is 1. The molecule has 0 bridgehead atoms. The lowest BCUT2D eigenvalue weighted by Crippen LogP contribution is -2.31. The fourth-order valence-electron chi connectivity index (χ4n) is 1.79. The Morgan fingerprint density at radius 2 is 1.90 bits per heavy atom. The monoisotopic (exact) mass is 281 g/mol. The Labute approximate surface area is 120 Å². The number of likely N-dealkylation sites (N-methyl/N-ethyl adjacent to an activating group) is 1. The van der Waals surface area contributed by atoms with Crippen molar-refractivity contribution in [2.75, 3.05) is 33.4 Å². The van der Waals surface area contributed by atoms with Crippen LogP contribution in [0.1, 0.15) is 13.8 Å². The number of para-hydroxylation sites is 2. The van der Waals surface area contributed by atoms with Gasteiger partial charge in [-0.05, 0) is 26.1 Å². The van der Waals surface area contributed by atoms with Gasteiger partial charge in [0.25, 0.3) is 0 Å². The van der Waals surface area contributed by atoms with Crippen molar-refractivity contribution in [3.8, 4) is 11.5 Å². The van der Waals surface area contributed by atoms with E-state index in [-0.39, 0.29) is 5.92 Å². The van der Waals surface area contributed by atoms with E-state index < -0.39 is 5.97 Å². The molecule has 1 aromatic rings. The predicted molar refractivity (Wildman–Crippen MR) is 77.4 cm³/mol. The summed E-state index contributed by atoms with van der Waals surface area (Å²) in [5.74, 6) is 0.292. The highest BCUT2D eigenvalue weighted by Crippen LogP contribution is 2.26. The maximum atomic E-state index is 10.8. The van der Waals surface area contributed by atoms with Crippen molar-refractivity contribution in [3.05, 3.63) is 24.3 Å². The van der Waals surface area contributed by atoms with Gasteiger partial charge >= 0.3 is 5.97 Å². The molecule has 0 heterocycles. The van der Waals surface area contributed by atoms with Gasteiger partial charge in [0.1, 0.15) is 6.61 Å². The Morgan fingerprint density at radius 3 is 2.45 bits per heavy atom. The number of carboxylic acids is 1. The molecule has 20 heavy (non-hydrogen) atoms. The summed E-state index contributed by atoms with van der Waals surface area (Å²) >= 11 is 0. The van der Waals surface area contributed by atoms with Gasteiger partial charge in [-0.3, -0.25) is 4.79 Å². The minimum atomic E-state index is -0.778. The van der Waals surface area contributed by atoms with E-state index in [2.05, 4.69) is 0 Å². The van der Waals surface area contributed by atoms with Crippen LogP contribution in [-0.4, -0.2) is 49.3 Å². The zero-order valence-electron chi connectivity index (χ0n) is 12.3. The molecule has 0 saturated heterocycles. The van der Waals surface area contributed by atoms with Gasteiger partial charge in [-0.2, -0.15) is 0 Å². The van der Waals surface area contributed by atoms with Gasteiger partial charge < -0.3 is 19.5 Å². The molecule has 0 spiro atoms. The molecule has 0 saturated carbocycles. The Bertz CT molecular complexity index is 422. The zero-order chi connectivity index (χ0) is 15.0. The van der Waals surface area contributed by atoms with Crippen molar-refractivity contribution >= 4 is 5.97 Å². The smallest absolute Gasteiger partial charge is 0.307 e. The predicted octanol–water partition coefficient (Wildman–Crippen LogP) is 2.12. The molecule has 0 aromatic heterocycles. The first kappa shape index (κ1) is 16.3. The molecule has 0 fully saturated rings. The van der Waals surface area contributed by atoms with E-state index in [1.807, 2.05) is 43.1 Å². The van der Waals surface area contributed by atoms with E-state index >= 15 is 0 Å². The lowest BCUT2D eigenvalue weighted by molar-refractivity contribution is -0.141. The molecular weight excluding hydrogens is 258 g/mol. The average molecular weight is 281 g/mol. The van der Waals surface area contributed by atoms with Crippen LogP contribution in [-0.2, 0) is 4.79 Å². The zero-order valence-corrected chi connectivity index (χ0v) is 12.3. The standard InChI is InChI=1S/C15H23NO4/c1-4-19-13-7-5-6-8-14(13)20-10-9-16(3)11-12(2)15(17)18/h5-8,12H,4,9-11H2,1-3H3,(H,17,18). The third kappa shape index (κ3) is 5.48. The third-order valence-electron chi connectivity index (χ3n) is 2.89. The molecule has 1 aromatic carbocycles. The van der Waals surface area contributed by atoms with Crippen molar-refractivity contribution in [1.29, 1.82) is 0 Å². The Morgan fingerprint density at radius 1 is 1.30 bits per heavy atom. The second-order valence-electron chi connectivity index (χ2n) is 4.73. The molecule has 112 valence electrons. The van der Waals surface area contributed by atoms with E-state index in [9.17, 15) is 4.79 Å². The molecule has 5 heteroatoms. The van der Waals surface area contributed by atoms with Gasteiger partial charge in [-0.15, -0.1) is 0 Å². The summed E-state index contributed by atoms with van der Waals surface area (Å²) in [7, 11) is 1.89. The van der Waals surface area contributed by atoms with Gasteiger partial charge in [0.15, 0.2) is 11.5 Å². The maximum Gasteiger partial charge on any atom is 0.307 e. The fourth-order valence-corrected chi connectivity index (χ4v) is 1.79. The highest BCUT2D eigenvalue weighted by Gasteiger charge is 2.13. The summed E-state index contributed by atoms with van der Waals surface area (Å²) in [5.41, 5.74) is 0. The summed E-state index contributed by atoms with van der Waals surface area (Å²) in [4.78, 5) is 12.7. The molecule has 0 aliphatic heterocycles. The first-order valence-corrected chi connectivity index (χ1v) is 6.80. The number of nitrogens with zero attached hydrogens (tertiary/aromatic N) is 1. The molecule has 1 unspecified atom stereocenters. The normalized spacial score (nSPS) is 12.2. The van der Waals surface area contributed by atoms with Crippen LogP contribution >= 0.6 is 0 Å². The molecule has 0 aliphatic carbocycles. The lowest BCUT2D eigenvalue weighted by atomic mass is 10.2. The molecule has 1 N–H and O–H groups in total.